The summed E-state index contributed by atoms with van der Waals surface area (Å²) in [6.45, 7) is 5.14. The molecule has 3 nitrogen and oxygen atoms in total. The van der Waals surface area contributed by atoms with Crippen LogP contribution in [-0.4, -0.2) is 11.0 Å². The molecule has 1 heterocycles. The van der Waals surface area contributed by atoms with Crippen molar-refractivity contribution >= 4 is 23.2 Å². The van der Waals surface area contributed by atoms with Gasteiger partial charge in [0.1, 0.15) is 6.61 Å². The molecule has 1 aromatic carbocycles. The maximum atomic E-state index is 6.14. The molecule has 2 rings (SSSR count). The average molecular weight is 325 g/mol. The molecular weight excluding hydrogens is 307 g/mol. The number of benzene rings is 1. The molecule has 0 aliphatic carbocycles. The minimum atomic E-state index is 0.371. The number of hydrogen-bond acceptors (Lipinski definition) is 3. The molecule has 1 N–H and O–H groups in total. The third kappa shape index (κ3) is 4.88. The lowest BCUT2D eigenvalue weighted by molar-refractivity contribution is 0.293. The largest absolute Gasteiger partial charge is 0.473 e. The van der Waals surface area contributed by atoms with Gasteiger partial charge in [-0.15, -0.1) is 0 Å². The first-order chi connectivity index (χ1) is 10.1. The molecule has 21 heavy (non-hydrogen) atoms. The number of aromatic nitrogens is 1. The highest BCUT2D eigenvalue weighted by molar-refractivity contribution is 6.31. The molecular formula is C16H18Cl2N2O. The van der Waals surface area contributed by atoms with Crippen molar-refractivity contribution in [2.75, 3.05) is 0 Å². The van der Waals surface area contributed by atoms with Crippen LogP contribution in [0, 0.1) is 0 Å². The molecule has 112 valence electrons. The lowest BCUT2D eigenvalue weighted by Crippen LogP contribution is -2.22. The van der Waals surface area contributed by atoms with E-state index in [1.165, 1.54) is 0 Å². The van der Waals surface area contributed by atoms with Crippen molar-refractivity contribution in [3.8, 4) is 5.88 Å². The van der Waals surface area contributed by atoms with Crippen LogP contribution >= 0.6 is 23.2 Å². The van der Waals surface area contributed by atoms with Crippen LogP contribution in [0.1, 0.15) is 25.1 Å². The standard InChI is InChI=1S/C16H18Cl2N2O/c1-11(2)19-9-15-14(18)7-8-16(20-15)21-10-12-5-3-4-6-13(12)17/h3-8,11,19H,9-10H2,1-2H3. The van der Waals surface area contributed by atoms with Gasteiger partial charge in [0.15, 0.2) is 0 Å². The average Bonchev–Trinajstić information content (AvgIpc) is 2.46. The Balaban J connectivity index is 2.03. The van der Waals surface area contributed by atoms with E-state index in [9.17, 15) is 0 Å². The van der Waals surface area contributed by atoms with Crippen molar-refractivity contribution in [3.63, 3.8) is 0 Å². The van der Waals surface area contributed by atoms with Crippen LogP contribution in [0.25, 0.3) is 0 Å². The van der Waals surface area contributed by atoms with Crippen LogP contribution in [0.5, 0.6) is 5.88 Å². The second-order valence-electron chi connectivity index (χ2n) is 4.99. The van der Waals surface area contributed by atoms with E-state index in [2.05, 4.69) is 24.1 Å². The van der Waals surface area contributed by atoms with Crippen molar-refractivity contribution in [1.29, 1.82) is 0 Å². The van der Waals surface area contributed by atoms with E-state index >= 15 is 0 Å². The number of nitrogens with zero attached hydrogens (tertiary/aromatic N) is 1. The fourth-order valence-corrected chi connectivity index (χ4v) is 2.10. The highest BCUT2D eigenvalue weighted by atomic mass is 35.5. The van der Waals surface area contributed by atoms with Gasteiger partial charge in [0, 0.05) is 29.2 Å². The normalized spacial score (nSPS) is 10.9. The Kier molecular flexibility index (Phi) is 5.85. The first-order valence-electron chi connectivity index (χ1n) is 6.81. The number of ether oxygens (including phenoxy) is 1. The molecule has 0 aliphatic heterocycles. The van der Waals surface area contributed by atoms with Crippen LogP contribution < -0.4 is 10.1 Å². The zero-order valence-electron chi connectivity index (χ0n) is 12.1. The molecule has 0 bridgehead atoms. The van der Waals surface area contributed by atoms with E-state index in [-0.39, 0.29) is 0 Å². The third-order valence-corrected chi connectivity index (χ3v) is 3.62. The summed E-state index contributed by atoms with van der Waals surface area (Å²) in [7, 11) is 0. The third-order valence-electron chi connectivity index (χ3n) is 2.90. The minimum absolute atomic E-state index is 0.371. The van der Waals surface area contributed by atoms with Crippen molar-refractivity contribution in [2.45, 2.75) is 33.0 Å². The Hall–Kier alpha value is -1.29. The number of rotatable bonds is 6. The monoisotopic (exact) mass is 324 g/mol. The van der Waals surface area contributed by atoms with Crippen LogP contribution in [0.15, 0.2) is 36.4 Å². The Morgan fingerprint density at radius 2 is 1.86 bits per heavy atom. The highest BCUT2D eigenvalue weighted by Crippen LogP contribution is 2.21. The summed E-state index contributed by atoms with van der Waals surface area (Å²) in [4.78, 5) is 4.43. The quantitative estimate of drug-likeness (QED) is 0.851. The van der Waals surface area contributed by atoms with E-state index in [0.717, 1.165) is 11.3 Å². The van der Waals surface area contributed by atoms with E-state index in [1.54, 1.807) is 12.1 Å². The highest BCUT2D eigenvalue weighted by Gasteiger charge is 2.07. The summed E-state index contributed by atoms with van der Waals surface area (Å²) < 4.78 is 5.69. The first kappa shape index (κ1) is 16.1. The summed E-state index contributed by atoms with van der Waals surface area (Å²) in [5, 5.41) is 4.61. The zero-order valence-corrected chi connectivity index (χ0v) is 13.6. The van der Waals surface area contributed by atoms with Gasteiger partial charge in [-0.2, -0.15) is 0 Å². The number of hydrogen-bond donors (Lipinski definition) is 1. The van der Waals surface area contributed by atoms with Gasteiger partial charge in [-0.3, -0.25) is 0 Å². The van der Waals surface area contributed by atoms with E-state index in [0.29, 0.717) is 35.1 Å². The molecule has 0 saturated heterocycles. The Morgan fingerprint density at radius 3 is 2.57 bits per heavy atom. The SMILES string of the molecule is CC(C)NCc1nc(OCc2ccccc2Cl)ccc1Cl. The van der Waals surface area contributed by atoms with Gasteiger partial charge in [-0.25, -0.2) is 4.98 Å². The van der Waals surface area contributed by atoms with Crippen molar-refractivity contribution in [2.24, 2.45) is 0 Å². The molecule has 0 radical (unpaired) electrons. The topological polar surface area (TPSA) is 34.2 Å². The minimum Gasteiger partial charge on any atom is -0.473 e. The van der Waals surface area contributed by atoms with Crippen molar-refractivity contribution < 1.29 is 4.74 Å². The van der Waals surface area contributed by atoms with Gasteiger partial charge in [-0.05, 0) is 12.1 Å². The van der Waals surface area contributed by atoms with Crippen LogP contribution in [0.4, 0.5) is 0 Å². The summed E-state index contributed by atoms with van der Waals surface area (Å²) in [5.41, 5.74) is 1.71. The molecule has 0 unspecified atom stereocenters. The number of pyridine rings is 1. The molecule has 5 heteroatoms. The fraction of sp³-hybridized carbons (Fsp3) is 0.312. The lowest BCUT2D eigenvalue weighted by atomic mass is 10.2. The smallest absolute Gasteiger partial charge is 0.213 e. The van der Waals surface area contributed by atoms with E-state index < -0.39 is 0 Å². The van der Waals surface area contributed by atoms with Gasteiger partial charge in [0.2, 0.25) is 5.88 Å². The summed E-state index contributed by atoms with van der Waals surface area (Å²) in [6, 6.07) is 11.5. The van der Waals surface area contributed by atoms with Crippen LogP contribution in [0.3, 0.4) is 0 Å². The predicted molar refractivity (Wildman–Crippen MR) is 87.0 cm³/mol. The second-order valence-corrected chi connectivity index (χ2v) is 5.81. The molecule has 1 aromatic heterocycles. The fourth-order valence-electron chi connectivity index (χ4n) is 1.74. The van der Waals surface area contributed by atoms with Crippen molar-refractivity contribution in [3.05, 3.63) is 57.7 Å². The Bertz CT molecular complexity index is 603. The van der Waals surface area contributed by atoms with Gasteiger partial charge >= 0.3 is 0 Å². The van der Waals surface area contributed by atoms with Gasteiger partial charge in [-0.1, -0.05) is 55.2 Å². The van der Waals surface area contributed by atoms with E-state index in [1.807, 2.05) is 24.3 Å². The zero-order chi connectivity index (χ0) is 15.2. The molecule has 0 fully saturated rings. The summed E-state index contributed by atoms with van der Waals surface area (Å²) >= 11 is 12.2. The Labute approximate surface area is 135 Å². The predicted octanol–water partition coefficient (Wildman–Crippen LogP) is 4.47. The lowest BCUT2D eigenvalue weighted by Gasteiger charge is -2.11. The molecule has 2 aromatic rings. The second kappa shape index (κ2) is 7.64. The first-order valence-corrected chi connectivity index (χ1v) is 7.57. The summed E-state index contributed by atoms with van der Waals surface area (Å²) in [6.07, 6.45) is 0. The molecule has 0 spiro atoms. The van der Waals surface area contributed by atoms with Crippen molar-refractivity contribution in [1.82, 2.24) is 10.3 Å². The van der Waals surface area contributed by atoms with Crippen LogP contribution in [0.2, 0.25) is 10.0 Å². The van der Waals surface area contributed by atoms with E-state index in [4.69, 9.17) is 27.9 Å². The van der Waals surface area contributed by atoms with Crippen LogP contribution in [-0.2, 0) is 13.2 Å². The van der Waals surface area contributed by atoms with Gasteiger partial charge in [0.05, 0.1) is 10.7 Å². The van der Waals surface area contributed by atoms with Gasteiger partial charge in [0.25, 0.3) is 0 Å². The Morgan fingerprint density at radius 1 is 1.10 bits per heavy atom. The van der Waals surface area contributed by atoms with Gasteiger partial charge < -0.3 is 10.1 Å². The molecule has 0 aliphatic rings. The molecule has 0 amide bonds. The number of nitrogens with one attached hydrogen (secondary N) is 1. The number of halogens is 2. The summed E-state index contributed by atoms with van der Waals surface area (Å²) in [5.74, 6) is 0.542. The molecule has 0 saturated carbocycles. The maximum absolute atomic E-state index is 6.14. The molecule has 0 atom stereocenters. The maximum Gasteiger partial charge on any atom is 0.213 e.